The summed E-state index contributed by atoms with van der Waals surface area (Å²) in [6.07, 6.45) is 13.8. The van der Waals surface area contributed by atoms with Crippen molar-refractivity contribution in [1.82, 2.24) is 50.1 Å². The predicted molar refractivity (Wildman–Crippen MR) is 285 cm³/mol. The molecule has 2 fully saturated rings. The van der Waals surface area contributed by atoms with Crippen LogP contribution in [0.3, 0.4) is 0 Å². The number of nitrogen functional groups attached to an aromatic ring is 1. The predicted octanol–water partition coefficient (Wildman–Crippen LogP) is 8.03. The number of aryl methyl sites for hydroxylation is 2. The first-order valence-electron chi connectivity index (χ1n) is 23.9. The van der Waals surface area contributed by atoms with Crippen LogP contribution in [-0.4, -0.2) is 91.8 Å². The highest BCUT2D eigenvalue weighted by atomic mass is 35.5. The van der Waals surface area contributed by atoms with Crippen LogP contribution in [0.1, 0.15) is 111 Å². The van der Waals surface area contributed by atoms with Crippen molar-refractivity contribution in [2.24, 2.45) is 22.1 Å². The van der Waals surface area contributed by atoms with Gasteiger partial charge in [-0.3, -0.25) is 0 Å². The molecule has 0 saturated heterocycles. The van der Waals surface area contributed by atoms with E-state index in [1.54, 1.807) is 62.9 Å². The van der Waals surface area contributed by atoms with E-state index in [1.807, 2.05) is 50.9 Å². The third kappa shape index (κ3) is 17.5. The number of hydrogen-bond donors (Lipinski definition) is 6. The summed E-state index contributed by atoms with van der Waals surface area (Å²) in [6, 6.07) is 9.79. The molecular weight excluding hydrogens is 1010 g/mol. The lowest BCUT2D eigenvalue weighted by Crippen LogP contribution is -2.41. The van der Waals surface area contributed by atoms with E-state index in [1.165, 1.54) is 12.1 Å². The van der Waals surface area contributed by atoms with Gasteiger partial charge in [0.1, 0.15) is 11.2 Å². The van der Waals surface area contributed by atoms with Crippen molar-refractivity contribution < 1.29 is 35.9 Å². The first-order chi connectivity index (χ1) is 34.1. The summed E-state index contributed by atoms with van der Waals surface area (Å²) >= 11 is 5.89. The van der Waals surface area contributed by atoms with Gasteiger partial charge in [-0.2, -0.15) is 20.2 Å². The average Bonchev–Trinajstić information content (AvgIpc) is 3.87. The molecule has 2 aliphatic carbocycles. The first kappa shape index (κ1) is 58.7. The Labute approximate surface area is 438 Å². The van der Waals surface area contributed by atoms with E-state index < -0.39 is 31.2 Å². The lowest BCUT2D eigenvalue weighted by Gasteiger charge is -2.30. The Bertz CT molecular complexity index is 3120. The van der Waals surface area contributed by atoms with Crippen LogP contribution in [-0.2, 0) is 42.6 Å². The summed E-state index contributed by atoms with van der Waals surface area (Å²) < 4.78 is 60.0. The molecule has 6 aromatic rings. The molecule has 2 aliphatic rings. The standard InChI is InChI=1S/C24H33N7O4S.C17H24ClN5O2.C7H10N2O2S.CH4/c1-15-5-8-19(11-20(15)36(25,33)34)28-22-26-12-17-13-27-31(21(17)30-22)14-16-6-9-18(10-7-16)29-23(32)35-24(2,3)4;1-17(2,3)25-16(24)21-13-6-4-11(5-7-13)10-23-14-12(9-20-23)8-19-15(18)22-14;1-5-2-3-6(8)4-7(5)12(9,10)11;/h5,8,11-13,16,18H,6-7,9-10,14H2,1-4H3,(H,29,32)(H2,25,33,34)(H,26,28,30);8-9,11,13H,4-7,10H2,1-3H3,(H,21,24);2-4H,8H2,1H3,(H2,9,10,11);1H4. The Morgan fingerprint density at radius 2 is 1.09 bits per heavy atom. The van der Waals surface area contributed by atoms with E-state index >= 15 is 0 Å². The van der Waals surface area contributed by atoms with E-state index in [0.29, 0.717) is 52.5 Å². The maximum absolute atomic E-state index is 12.1. The Morgan fingerprint density at radius 1 is 0.662 bits per heavy atom. The third-order valence-electron chi connectivity index (χ3n) is 12.0. The number of amides is 2. The van der Waals surface area contributed by atoms with Crippen LogP contribution < -0.4 is 32.0 Å². The molecule has 2 amide bonds. The lowest BCUT2D eigenvalue weighted by molar-refractivity contribution is 0.0474. The van der Waals surface area contributed by atoms with Gasteiger partial charge in [0.2, 0.25) is 31.3 Å². The Kier molecular flexibility index (Phi) is 19.4. The van der Waals surface area contributed by atoms with Crippen LogP contribution in [0.15, 0.2) is 71.0 Å². The van der Waals surface area contributed by atoms with Crippen molar-refractivity contribution in [3.63, 3.8) is 0 Å². The van der Waals surface area contributed by atoms with Crippen LogP contribution in [0.5, 0.6) is 0 Å². The molecule has 2 aromatic carbocycles. The summed E-state index contributed by atoms with van der Waals surface area (Å²) in [4.78, 5) is 41.3. The fourth-order valence-corrected chi connectivity index (χ4v) is 10.2. The average molecular weight is 1080 g/mol. The van der Waals surface area contributed by atoms with Gasteiger partial charge < -0.3 is 31.2 Å². The highest BCUT2D eigenvalue weighted by Gasteiger charge is 2.28. The normalized spacial score (nSPS) is 18.1. The van der Waals surface area contributed by atoms with Crippen LogP contribution in [0.2, 0.25) is 5.28 Å². The van der Waals surface area contributed by atoms with Crippen LogP contribution >= 0.6 is 11.6 Å². The number of nitrogens with two attached hydrogens (primary N) is 3. The number of alkyl carbamates (subject to hydrolysis) is 2. The topological polar surface area (TPSA) is 322 Å². The second-order valence-electron chi connectivity index (χ2n) is 20.5. The smallest absolute Gasteiger partial charge is 0.407 e. The fourth-order valence-electron chi connectivity index (χ4n) is 8.49. The minimum absolute atomic E-state index is 0. The zero-order valence-corrected chi connectivity index (χ0v) is 44.8. The molecule has 0 atom stereocenters. The highest BCUT2D eigenvalue weighted by molar-refractivity contribution is 7.89. The largest absolute Gasteiger partial charge is 0.444 e. The van der Waals surface area contributed by atoms with Gasteiger partial charge in [0.25, 0.3) is 0 Å². The summed E-state index contributed by atoms with van der Waals surface area (Å²) in [5.41, 5.74) is 7.97. The molecule has 0 aliphatic heterocycles. The maximum atomic E-state index is 12.1. The minimum Gasteiger partial charge on any atom is -0.444 e. The monoisotopic (exact) mass is 1080 g/mol. The van der Waals surface area contributed by atoms with Crippen molar-refractivity contribution in [1.29, 1.82) is 0 Å². The summed E-state index contributed by atoms with van der Waals surface area (Å²) in [6.45, 7) is 16.0. The molecule has 9 N–H and O–H groups in total. The van der Waals surface area contributed by atoms with E-state index in [9.17, 15) is 26.4 Å². The van der Waals surface area contributed by atoms with Crippen LogP contribution in [0.25, 0.3) is 22.1 Å². The molecule has 74 heavy (non-hydrogen) atoms. The van der Waals surface area contributed by atoms with Gasteiger partial charge in [0.05, 0.1) is 33.0 Å². The summed E-state index contributed by atoms with van der Waals surface area (Å²) in [7, 11) is -7.48. The lowest BCUT2D eigenvalue weighted by atomic mass is 9.86. The van der Waals surface area contributed by atoms with Crippen molar-refractivity contribution in [3.8, 4) is 0 Å². The van der Waals surface area contributed by atoms with Gasteiger partial charge in [0, 0.05) is 48.9 Å². The molecule has 4 aromatic heterocycles. The number of aromatic nitrogens is 8. The molecule has 0 bridgehead atoms. The molecule has 22 nitrogen and oxygen atoms in total. The van der Waals surface area contributed by atoms with E-state index in [-0.39, 0.29) is 46.8 Å². The quantitative estimate of drug-likeness (QED) is 0.0558. The number of anilines is 3. The zero-order chi connectivity index (χ0) is 53.5. The number of hydrogen-bond acceptors (Lipinski definition) is 16. The summed E-state index contributed by atoms with van der Waals surface area (Å²) in [5, 5.41) is 30.1. The van der Waals surface area contributed by atoms with Crippen molar-refractivity contribution in [2.75, 3.05) is 11.1 Å². The van der Waals surface area contributed by atoms with Gasteiger partial charge in [0.15, 0.2) is 11.3 Å². The molecule has 0 radical (unpaired) electrons. The maximum Gasteiger partial charge on any atom is 0.407 e. The van der Waals surface area contributed by atoms with E-state index in [2.05, 4.69) is 46.1 Å². The number of nitrogens with one attached hydrogen (secondary N) is 3. The first-order valence-corrected chi connectivity index (χ1v) is 27.4. The number of ether oxygens (including phenoxy) is 2. The molecule has 4 heterocycles. The van der Waals surface area contributed by atoms with Gasteiger partial charge in [-0.1, -0.05) is 19.6 Å². The number of fused-ring (bicyclic) bond motifs is 2. The van der Waals surface area contributed by atoms with Gasteiger partial charge >= 0.3 is 12.2 Å². The molecule has 25 heteroatoms. The molecular formula is C49H71ClN14O8S2. The van der Waals surface area contributed by atoms with Gasteiger partial charge in [-0.15, -0.1) is 0 Å². The molecule has 8 rings (SSSR count). The number of sulfonamides is 2. The van der Waals surface area contributed by atoms with Crippen molar-refractivity contribution in [3.05, 3.63) is 77.6 Å². The third-order valence-corrected chi connectivity index (χ3v) is 14.3. The minimum atomic E-state index is -3.84. The second-order valence-corrected chi connectivity index (χ2v) is 23.9. The number of carbonyl (C=O) groups excluding carboxylic acids is 2. The second kappa shape index (κ2) is 24.4. The molecule has 0 unspecified atom stereocenters. The number of benzene rings is 2. The van der Waals surface area contributed by atoms with Crippen molar-refractivity contribution in [2.45, 2.75) is 160 Å². The number of rotatable bonds is 10. The number of carbonyl (C=O) groups is 2. The Balaban J connectivity index is 0.000000230. The molecule has 0 spiro atoms. The van der Waals surface area contributed by atoms with Gasteiger partial charge in [-0.25, -0.2) is 56.0 Å². The van der Waals surface area contributed by atoms with Crippen LogP contribution in [0.4, 0.5) is 26.9 Å². The molecule has 404 valence electrons. The fraction of sp³-hybridized carbons (Fsp3) is 0.510. The zero-order valence-electron chi connectivity index (χ0n) is 42.4. The Hall–Kier alpha value is -6.21. The number of primary sulfonamides is 2. The SMILES string of the molecule is C.CC(C)(C)OC(=O)NC1CCC(Cn2ncc3cnc(Cl)nc32)CC1.Cc1ccc(N)cc1S(N)(=O)=O.Cc1ccc(Nc2ncc3cnn(CC4CCC(NC(=O)OC(C)(C)C)CC4)c3n2)cc1S(N)(=O)=O. The van der Waals surface area contributed by atoms with E-state index in [0.717, 1.165) is 74.3 Å². The van der Waals surface area contributed by atoms with Crippen molar-refractivity contribution >= 4 is 83.2 Å². The van der Waals surface area contributed by atoms with E-state index in [4.69, 9.17) is 37.1 Å². The highest BCUT2D eigenvalue weighted by Crippen LogP contribution is 2.29. The number of halogens is 1. The molecule has 2 saturated carbocycles. The summed E-state index contributed by atoms with van der Waals surface area (Å²) in [5.74, 6) is 1.25. The van der Waals surface area contributed by atoms with Gasteiger partial charge in [-0.05, 0) is 166 Å². The van der Waals surface area contributed by atoms with Crippen LogP contribution in [0, 0.1) is 25.7 Å². The number of nitrogens with zero attached hydrogens (tertiary/aromatic N) is 8. The Morgan fingerprint density at radius 3 is 1.54 bits per heavy atom.